The van der Waals surface area contributed by atoms with E-state index < -0.39 is 0 Å². The van der Waals surface area contributed by atoms with E-state index in [0.717, 1.165) is 27.3 Å². The van der Waals surface area contributed by atoms with E-state index in [2.05, 4.69) is 26.2 Å². The van der Waals surface area contributed by atoms with Crippen LogP contribution in [0.25, 0.3) is 11.3 Å². The largest absolute Gasteiger partial charge is 0.379 e. The molecule has 1 amide bonds. The zero-order chi connectivity index (χ0) is 18.2. The first-order valence-corrected chi connectivity index (χ1v) is 10.0. The van der Waals surface area contributed by atoms with Gasteiger partial charge in [-0.05, 0) is 38.0 Å². The molecule has 0 atom stereocenters. The number of hydrogen-bond acceptors (Lipinski definition) is 4. The maximum Gasteiger partial charge on any atom is 0.230 e. The number of ether oxygens (including phenoxy) is 1. The molecule has 136 valence electrons. The second-order valence-electron chi connectivity index (χ2n) is 5.90. The van der Waals surface area contributed by atoms with Crippen LogP contribution in [0.2, 0.25) is 0 Å². The number of aromatic nitrogens is 2. The first-order valence-electron chi connectivity index (χ1n) is 8.26. The molecule has 25 heavy (non-hydrogen) atoms. The molecular formula is C18H24BrN3O2S. The number of carbonyl (C=O) groups excluding carboxylic acids is 1. The SMILES string of the molecule is CC(C)OCCCNC(=O)CSc1ncc(-c2ccc(Br)cc2)n1C. The van der Waals surface area contributed by atoms with Crippen LogP contribution in [0, 0.1) is 0 Å². The molecule has 1 aromatic carbocycles. The number of halogens is 1. The zero-order valence-corrected chi connectivity index (χ0v) is 17.2. The van der Waals surface area contributed by atoms with Gasteiger partial charge in [-0.3, -0.25) is 4.79 Å². The minimum absolute atomic E-state index is 0.0164. The van der Waals surface area contributed by atoms with Gasteiger partial charge in [0.25, 0.3) is 0 Å². The molecule has 1 heterocycles. The molecule has 2 aromatic rings. The second-order valence-corrected chi connectivity index (χ2v) is 7.76. The first-order chi connectivity index (χ1) is 12.0. The lowest BCUT2D eigenvalue weighted by Crippen LogP contribution is -2.27. The Bertz CT molecular complexity index is 686. The number of nitrogens with zero attached hydrogens (tertiary/aromatic N) is 2. The Morgan fingerprint density at radius 3 is 2.76 bits per heavy atom. The highest BCUT2D eigenvalue weighted by Crippen LogP contribution is 2.25. The maximum atomic E-state index is 11.9. The Hall–Kier alpha value is -1.31. The summed E-state index contributed by atoms with van der Waals surface area (Å²) in [6.45, 7) is 5.31. The van der Waals surface area contributed by atoms with Crippen LogP contribution in [0.4, 0.5) is 0 Å². The highest BCUT2D eigenvalue weighted by molar-refractivity contribution is 9.10. The predicted molar refractivity (Wildman–Crippen MR) is 106 cm³/mol. The fourth-order valence-electron chi connectivity index (χ4n) is 2.22. The molecule has 0 aliphatic heterocycles. The average molecular weight is 426 g/mol. The summed E-state index contributed by atoms with van der Waals surface area (Å²) in [7, 11) is 1.97. The lowest BCUT2D eigenvalue weighted by Gasteiger charge is -2.08. The number of carbonyl (C=O) groups is 1. The Morgan fingerprint density at radius 2 is 2.08 bits per heavy atom. The van der Waals surface area contributed by atoms with Crippen molar-refractivity contribution < 1.29 is 9.53 Å². The minimum Gasteiger partial charge on any atom is -0.379 e. The second kappa shape index (κ2) is 9.99. The number of thioether (sulfide) groups is 1. The fraction of sp³-hybridized carbons (Fsp3) is 0.444. The van der Waals surface area contributed by atoms with Crippen LogP contribution in [-0.2, 0) is 16.6 Å². The summed E-state index contributed by atoms with van der Waals surface area (Å²) in [6, 6.07) is 8.10. The third-order valence-corrected chi connectivity index (χ3v) is 5.09. The van der Waals surface area contributed by atoms with E-state index in [0.29, 0.717) is 18.9 Å². The number of rotatable bonds is 9. The quantitative estimate of drug-likeness (QED) is 0.489. The molecule has 0 unspecified atom stereocenters. The van der Waals surface area contributed by atoms with E-state index in [1.54, 1.807) is 0 Å². The summed E-state index contributed by atoms with van der Waals surface area (Å²) in [5, 5.41) is 3.74. The van der Waals surface area contributed by atoms with E-state index in [4.69, 9.17) is 4.74 Å². The summed E-state index contributed by atoms with van der Waals surface area (Å²) in [5.41, 5.74) is 2.13. The summed E-state index contributed by atoms with van der Waals surface area (Å²) in [4.78, 5) is 16.4. The zero-order valence-electron chi connectivity index (χ0n) is 14.8. The van der Waals surface area contributed by atoms with Gasteiger partial charge in [0, 0.05) is 24.7 Å². The first kappa shape index (κ1) is 20.0. The third-order valence-electron chi connectivity index (χ3n) is 3.51. The molecule has 0 spiro atoms. The van der Waals surface area contributed by atoms with Crippen LogP contribution in [0.15, 0.2) is 40.1 Å². The van der Waals surface area contributed by atoms with Gasteiger partial charge in [-0.15, -0.1) is 0 Å². The molecule has 2 rings (SSSR count). The topological polar surface area (TPSA) is 56.1 Å². The van der Waals surface area contributed by atoms with Crippen LogP contribution < -0.4 is 5.32 Å². The van der Waals surface area contributed by atoms with Crippen molar-refractivity contribution >= 4 is 33.6 Å². The minimum atomic E-state index is 0.0164. The molecule has 0 saturated heterocycles. The van der Waals surface area contributed by atoms with Gasteiger partial charge in [-0.2, -0.15) is 0 Å². The van der Waals surface area contributed by atoms with E-state index in [-0.39, 0.29) is 12.0 Å². The van der Waals surface area contributed by atoms with Gasteiger partial charge in [0.1, 0.15) is 0 Å². The highest BCUT2D eigenvalue weighted by Gasteiger charge is 2.11. The van der Waals surface area contributed by atoms with Crippen LogP contribution in [-0.4, -0.2) is 40.5 Å². The van der Waals surface area contributed by atoms with Gasteiger partial charge in [-0.1, -0.05) is 39.8 Å². The monoisotopic (exact) mass is 425 g/mol. The number of nitrogens with one attached hydrogen (secondary N) is 1. The molecule has 1 aromatic heterocycles. The summed E-state index contributed by atoms with van der Waals surface area (Å²) in [6.07, 6.45) is 2.90. The number of imidazole rings is 1. The maximum absolute atomic E-state index is 11.9. The van der Waals surface area contributed by atoms with Gasteiger partial charge in [0.05, 0.1) is 23.7 Å². The van der Waals surface area contributed by atoms with E-state index in [1.807, 2.05) is 55.9 Å². The van der Waals surface area contributed by atoms with Crippen LogP contribution >= 0.6 is 27.7 Å². The van der Waals surface area contributed by atoms with Crippen LogP contribution in [0.5, 0.6) is 0 Å². The van der Waals surface area contributed by atoms with Crippen molar-refractivity contribution in [2.24, 2.45) is 7.05 Å². The van der Waals surface area contributed by atoms with E-state index in [9.17, 15) is 4.79 Å². The molecule has 0 aliphatic carbocycles. The molecule has 0 aliphatic rings. The molecule has 5 nitrogen and oxygen atoms in total. The van der Waals surface area contributed by atoms with Gasteiger partial charge < -0.3 is 14.6 Å². The summed E-state index contributed by atoms with van der Waals surface area (Å²) in [5.74, 6) is 0.373. The number of amides is 1. The molecule has 1 N–H and O–H groups in total. The molecule has 0 saturated carbocycles. The van der Waals surface area contributed by atoms with Crippen molar-refractivity contribution in [3.05, 3.63) is 34.9 Å². The van der Waals surface area contributed by atoms with Crippen molar-refractivity contribution in [3.8, 4) is 11.3 Å². The lowest BCUT2D eigenvalue weighted by molar-refractivity contribution is -0.118. The standard InChI is InChI=1S/C18H24BrN3O2S/c1-13(2)24-10-4-9-20-17(23)12-25-18-21-11-16(22(18)3)14-5-7-15(19)8-6-14/h5-8,11,13H,4,9-10,12H2,1-3H3,(H,20,23). The Morgan fingerprint density at radius 1 is 1.36 bits per heavy atom. The van der Waals surface area contributed by atoms with Crippen LogP contribution in [0.1, 0.15) is 20.3 Å². The van der Waals surface area contributed by atoms with Gasteiger partial charge >= 0.3 is 0 Å². The molecule has 7 heteroatoms. The number of benzene rings is 1. The smallest absolute Gasteiger partial charge is 0.230 e. The van der Waals surface area contributed by atoms with Gasteiger partial charge in [-0.25, -0.2) is 4.98 Å². The lowest BCUT2D eigenvalue weighted by atomic mass is 10.2. The van der Waals surface area contributed by atoms with Crippen LogP contribution in [0.3, 0.4) is 0 Å². The average Bonchev–Trinajstić information content (AvgIpc) is 2.94. The predicted octanol–water partition coefficient (Wildman–Crippen LogP) is 3.87. The van der Waals surface area contributed by atoms with Crippen molar-refractivity contribution in [2.75, 3.05) is 18.9 Å². The molecular weight excluding hydrogens is 402 g/mol. The highest BCUT2D eigenvalue weighted by atomic mass is 79.9. The Kier molecular flexibility index (Phi) is 7.99. The van der Waals surface area contributed by atoms with Crippen molar-refractivity contribution in [1.29, 1.82) is 0 Å². The Labute approximate surface area is 161 Å². The van der Waals surface area contributed by atoms with E-state index in [1.165, 1.54) is 11.8 Å². The number of hydrogen-bond donors (Lipinski definition) is 1. The van der Waals surface area contributed by atoms with Crippen molar-refractivity contribution in [2.45, 2.75) is 31.5 Å². The van der Waals surface area contributed by atoms with Gasteiger partial charge in [0.2, 0.25) is 5.91 Å². The third kappa shape index (κ3) is 6.49. The normalized spacial score (nSPS) is 11.1. The fourth-order valence-corrected chi connectivity index (χ4v) is 3.26. The van der Waals surface area contributed by atoms with Gasteiger partial charge in [0.15, 0.2) is 5.16 Å². The Balaban J connectivity index is 1.79. The van der Waals surface area contributed by atoms with Crippen molar-refractivity contribution in [3.63, 3.8) is 0 Å². The summed E-state index contributed by atoms with van der Waals surface area (Å²) < 4.78 is 8.50. The summed E-state index contributed by atoms with van der Waals surface area (Å²) >= 11 is 4.88. The van der Waals surface area contributed by atoms with E-state index >= 15 is 0 Å². The molecule has 0 bridgehead atoms. The molecule has 0 fully saturated rings. The van der Waals surface area contributed by atoms with Crippen molar-refractivity contribution in [1.82, 2.24) is 14.9 Å². The molecule has 0 radical (unpaired) electrons.